The molecule has 47 heavy (non-hydrogen) atoms. The Hall–Kier alpha value is -3.47. The van der Waals surface area contributed by atoms with Crippen LogP contribution < -0.4 is 10.2 Å². The van der Waals surface area contributed by atoms with E-state index in [1.54, 1.807) is 24.5 Å². The number of benzene rings is 3. The van der Waals surface area contributed by atoms with E-state index in [0.717, 1.165) is 33.2 Å². The van der Waals surface area contributed by atoms with Crippen molar-refractivity contribution in [2.75, 3.05) is 0 Å². The van der Waals surface area contributed by atoms with Crippen LogP contribution in [0.3, 0.4) is 0 Å². The van der Waals surface area contributed by atoms with Crippen molar-refractivity contribution in [2.45, 2.75) is 13.8 Å². The van der Waals surface area contributed by atoms with Gasteiger partial charge in [-0.05, 0) is 62.4 Å². The van der Waals surface area contributed by atoms with Gasteiger partial charge in [0.15, 0.2) is 0 Å². The van der Waals surface area contributed by atoms with Crippen LogP contribution in [0, 0.1) is 67.3 Å². The van der Waals surface area contributed by atoms with Crippen molar-refractivity contribution >= 4 is 90.0 Å². The fourth-order valence-corrected chi connectivity index (χ4v) is 5.29. The Labute approximate surface area is 318 Å². The van der Waals surface area contributed by atoms with Crippen molar-refractivity contribution < 1.29 is 53.5 Å². The van der Waals surface area contributed by atoms with Gasteiger partial charge < -0.3 is 25.5 Å². The summed E-state index contributed by atoms with van der Waals surface area (Å²) in [6.45, 7) is 3.63. The minimum Gasteiger partial charge on any atom is -0.870 e. The summed E-state index contributed by atoms with van der Waals surface area (Å²) in [4.78, 5) is 25.2. The van der Waals surface area contributed by atoms with Crippen LogP contribution in [0.2, 0.25) is 20.1 Å². The fourth-order valence-electron chi connectivity index (χ4n) is 4.26. The largest absolute Gasteiger partial charge is 3.00 e. The topological polar surface area (TPSA) is 164 Å². The number of aromatic nitrogens is 4. The zero-order chi connectivity index (χ0) is 33.5. The maximum atomic E-state index is 11.6. The smallest absolute Gasteiger partial charge is 0.870 e. The van der Waals surface area contributed by atoms with E-state index in [9.17, 15) is 10.2 Å². The second-order valence-corrected chi connectivity index (χ2v) is 11.1. The van der Waals surface area contributed by atoms with Gasteiger partial charge in [-0.1, -0.05) is 82.2 Å². The van der Waals surface area contributed by atoms with Crippen LogP contribution in [-0.4, -0.2) is 25.0 Å². The Balaban J connectivity index is 0.000000179. The number of hydrogen-bond donors (Lipinski definition) is 0. The van der Waals surface area contributed by atoms with E-state index < -0.39 is 5.09 Å². The van der Waals surface area contributed by atoms with Crippen LogP contribution >= 0.6 is 46.4 Å². The SMILES string of the molecule is Cc1ccc2c(Cl)cc(Cl)c([O-])c2n1.Cc1ccc2c(Cl)cc(Cl)c([O-])c2n1.O=[N+]([O-])[O-].[Dy+3].c1cnc2c(c1)ccc1cccnc12. The van der Waals surface area contributed by atoms with E-state index in [-0.39, 0.29) is 59.7 Å². The fraction of sp³-hybridized carbons (Fsp3) is 0.0625. The monoisotopic (exact) mass is 858 g/mol. The molecule has 1 radical (unpaired) electrons. The molecule has 241 valence electrons. The summed E-state index contributed by atoms with van der Waals surface area (Å²) >= 11 is 23.3. The molecular formula is C32H20Cl4DyN5O5. The summed E-state index contributed by atoms with van der Waals surface area (Å²) in [7, 11) is 0. The molecule has 0 saturated carbocycles. The van der Waals surface area contributed by atoms with Crippen LogP contribution in [0.4, 0.5) is 0 Å². The molecule has 0 aliphatic rings. The van der Waals surface area contributed by atoms with E-state index in [2.05, 4.69) is 44.2 Å². The second-order valence-electron chi connectivity index (χ2n) is 9.48. The van der Waals surface area contributed by atoms with E-state index in [4.69, 9.17) is 61.7 Å². The summed E-state index contributed by atoms with van der Waals surface area (Å²) < 4.78 is 0. The first-order valence-electron chi connectivity index (χ1n) is 13.1. The molecule has 0 unspecified atom stereocenters. The van der Waals surface area contributed by atoms with Gasteiger partial charge in [0, 0.05) is 55.4 Å². The van der Waals surface area contributed by atoms with E-state index in [0.29, 0.717) is 31.9 Å². The number of rotatable bonds is 0. The number of halogens is 4. The van der Waals surface area contributed by atoms with Gasteiger partial charge in [0.1, 0.15) is 0 Å². The third kappa shape index (κ3) is 9.55. The second kappa shape index (κ2) is 17.1. The molecule has 0 aliphatic carbocycles. The van der Waals surface area contributed by atoms with Crippen molar-refractivity contribution in [3.8, 4) is 11.5 Å². The van der Waals surface area contributed by atoms with Crippen molar-refractivity contribution in [3.05, 3.63) is 132 Å². The van der Waals surface area contributed by atoms with Gasteiger partial charge in [-0.3, -0.25) is 19.9 Å². The summed E-state index contributed by atoms with van der Waals surface area (Å²) in [5, 5.41) is 42.6. The van der Waals surface area contributed by atoms with Gasteiger partial charge in [-0.25, -0.2) is 0 Å². The third-order valence-electron chi connectivity index (χ3n) is 6.30. The van der Waals surface area contributed by atoms with Crippen LogP contribution in [0.1, 0.15) is 11.4 Å². The maximum absolute atomic E-state index is 11.6. The zero-order valence-corrected chi connectivity index (χ0v) is 29.2. The summed E-state index contributed by atoms with van der Waals surface area (Å²) in [6.07, 6.45) is 3.60. The molecule has 0 bridgehead atoms. The predicted octanol–water partition coefficient (Wildman–Crippen LogP) is 8.39. The molecule has 0 amide bonds. The Morgan fingerprint density at radius 1 is 0.574 bits per heavy atom. The van der Waals surface area contributed by atoms with E-state index >= 15 is 0 Å². The molecule has 15 heteroatoms. The minimum absolute atomic E-state index is 0. The molecule has 4 heterocycles. The number of nitrogens with zero attached hydrogens (tertiary/aromatic N) is 5. The molecule has 10 nitrogen and oxygen atoms in total. The molecule has 7 rings (SSSR count). The van der Waals surface area contributed by atoms with Crippen LogP contribution in [-0.2, 0) is 0 Å². The van der Waals surface area contributed by atoms with Crippen molar-refractivity contribution in [2.24, 2.45) is 0 Å². The molecule has 4 aromatic heterocycles. The molecule has 7 aromatic rings. The van der Waals surface area contributed by atoms with E-state index in [1.807, 2.05) is 38.1 Å². The molecule has 0 atom stereocenters. The quantitative estimate of drug-likeness (QED) is 0.0828. The van der Waals surface area contributed by atoms with Gasteiger partial charge in [-0.2, -0.15) is 0 Å². The Bertz CT molecular complexity index is 2070. The normalized spacial score (nSPS) is 10.2. The van der Waals surface area contributed by atoms with Crippen LogP contribution in [0.15, 0.2) is 85.2 Å². The van der Waals surface area contributed by atoms with Crippen LogP contribution in [0.25, 0.3) is 43.6 Å². The van der Waals surface area contributed by atoms with Gasteiger partial charge in [0.2, 0.25) is 0 Å². The van der Waals surface area contributed by atoms with Crippen molar-refractivity contribution in [1.29, 1.82) is 0 Å². The predicted molar refractivity (Wildman–Crippen MR) is 179 cm³/mol. The number of hydrogen-bond acceptors (Lipinski definition) is 9. The first-order chi connectivity index (χ1) is 21.9. The van der Waals surface area contributed by atoms with Crippen molar-refractivity contribution in [3.63, 3.8) is 0 Å². The standard InChI is InChI=1S/C12H8N2.2C10H7Cl2NO.Dy.NO3/c1-3-9-5-6-10-4-2-8-14-12(10)11(9)13-7-1;2*1-5-2-3-6-7(11)4-8(12)10(14)9(6)13-5;;2-1(3)4/h1-8H;2*2-4,14H,1H3;;/q;;;+3;-1/p-2. The molecule has 3 aromatic carbocycles. The molecule has 0 fully saturated rings. The third-order valence-corrected chi connectivity index (χ3v) is 7.49. The summed E-state index contributed by atoms with van der Waals surface area (Å²) in [5.74, 6) is -0.537. The van der Waals surface area contributed by atoms with Crippen LogP contribution in [0.5, 0.6) is 11.5 Å². The van der Waals surface area contributed by atoms with Gasteiger partial charge in [0.05, 0.1) is 37.2 Å². The Morgan fingerprint density at radius 2 is 0.936 bits per heavy atom. The van der Waals surface area contributed by atoms with Gasteiger partial charge in [-0.15, -0.1) is 0 Å². The molecule has 0 N–H and O–H groups in total. The first kappa shape index (κ1) is 38.0. The molecular weight excluding hydrogens is 839 g/mol. The minimum atomic E-state index is -1.75. The molecule has 0 aliphatic heterocycles. The Kier molecular flexibility index (Phi) is 13.8. The number of aryl methyl sites for hydroxylation is 2. The summed E-state index contributed by atoms with van der Waals surface area (Å²) in [6, 6.07) is 22.2. The maximum Gasteiger partial charge on any atom is 3.00 e. The first-order valence-corrected chi connectivity index (χ1v) is 14.6. The zero-order valence-electron chi connectivity index (χ0n) is 24.2. The average molecular weight is 859 g/mol. The number of pyridine rings is 4. The van der Waals surface area contributed by atoms with Crippen molar-refractivity contribution in [1.82, 2.24) is 19.9 Å². The van der Waals surface area contributed by atoms with Gasteiger partial charge >= 0.3 is 38.2 Å². The Morgan fingerprint density at radius 3 is 1.30 bits per heavy atom. The molecule has 0 spiro atoms. The van der Waals surface area contributed by atoms with Gasteiger partial charge in [0.25, 0.3) is 0 Å². The summed E-state index contributed by atoms with van der Waals surface area (Å²) in [5.41, 5.74) is 4.17. The van der Waals surface area contributed by atoms with E-state index in [1.165, 1.54) is 12.1 Å². The molecule has 0 saturated heterocycles. The number of fused-ring (bicyclic) bond motifs is 5. The average Bonchev–Trinajstić information content (AvgIpc) is 3.03.